The molecular formula is C17H17FN2O3S. The fourth-order valence-electron chi connectivity index (χ4n) is 2.51. The van der Waals surface area contributed by atoms with E-state index >= 15 is 0 Å². The fraction of sp³-hybridized carbons (Fsp3) is 0.294. The maximum absolute atomic E-state index is 13.5. The SMILES string of the molecule is C[C@H](Oc1ccccc1F)C(=O)NNC(=O)c1cc2c(s1)CCC2. The summed E-state index contributed by atoms with van der Waals surface area (Å²) in [6, 6.07) is 7.70. The first-order valence-corrected chi connectivity index (χ1v) is 8.49. The molecule has 5 nitrogen and oxygen atoms in total. The van der Waals surface area contributed by atoms with Crippen molar-refractivity contribution >= 4 is 23.2 Å². The zero-order valence-electron chi connectivity index (χ0n) is 13.1. The van der Waals surface area contributed by atoms with Gasteiger partial charge in [-0.15, -0.1) is 11.3 Å². The van der Waals surface area contributed by atoms with Gasteiger partial charge in [-0.2, -0.15) is 0 Å². The van der Waals surface area contributed by atoms with Gasteiger partial charge in [0, 0.05) is 4.88 Å². The number of thiophene rings is 1. The molecule has 0 bridgehead atoms. The largest absolute Gasteiger partial charge is 0.478 e. The van der Waals surface area contributed by atoms with Crippen molar-refractivity contribution in [2.24, 2.45) is 0 Å². The summed E-state index contributed by atoms with van der Waals surface area (Å²) < 4.78 is 18.8. The number of hydrogen-bond donors (Lipinski definition) is 2. The molecule has 0 saturated heterocycles. The molecule has 2 aromatic rings. The number of para-hydroxylation sites is 1. The molecule has 24 heavy (non-hydrogen) atoms. The predicted octanol–water partition coefficient (Wildman–Crippen LogP) is 2.60. The van der Waals surface area contributed by atoms with Crippen LogP contribution in [0.2, 0.25) is 0 Å². The quantitative estimate of drug-likeness (QED) is 0.835. The Hall–Kier alpha value is -2.41. The molecule has 1 aliphatic carbocycles. The second-order valence-electron chi connectivity index (χ2n) is 5.55. The van der Waals surface area contributed by atoms with Gasteiger partial charge >= 0.3 is 0 Å². The zero-order valence-corrected chi connectivity index (χ0v) is 13.9. The zero-order chi connectivity index (χ0) is 17.1. The molecule has 0 fully saturated rings. The van der Waals surface area contributed by atoms with Gasteiger partial charge in [0.1, 0.15) is 0 Å². The van der Waals surface area contributed by atoms with Crippen LogP contribution in [-0.4, -0.2) is 17.9 Å². The third-order valence-corrected chi connectivity index (χ3v) is 5.02. The summed E-state index contributed by atoms with van der Waals surface area (Å²) in [5.74, 6) is -1.48. The van der Waals surface area contributed by atoms with Crippen LogP contribution in [0.15, 0.2) is 30.3 Å². The van der Waals surface area contributed by atoms with Crippen LogP contribution < -0.4 is 15.6 Å². The Balaban J connectivity index is 1.52. The second-order valence-corrected chi connectivity index (χ2v) is 6.68. The molecule has 0 radical (unpaired) electrons. The van der Waals surface area contributed by atoms with E-state index in [4.69, 9.17) is 4.74 Å². The number of aryl methyl sites for hydroxylation is 2. The van der Waals surface area contributed by atoms with Gasteiger partial charge in [0.25, 0.3) is 11.8 Å². The van der Waals surface area contributed by atoms with E-state index in [9.17, 15) is 14.0 Å². The maximum atomic E-state index is 13.5. The highest BCUT2D eigenvalue weighted by molar-refractivity contribution is 7.14. The lowest BCUT2D eigenvalue weighted by molar-refractivity contribution is -0.128. The number of rotatable bonds is 4. The summed E-state index contributed by atoms with van der Waals surface area (Å²) in [6.45, 7) is 1.48. The number of fused-ring (bicyclic) bond motifs is 1. The average Bonchev–Trinajstić information content (AvgIpc) is 3.16. The van der Waals surface area contributed by atoms with E-state index in [0.717, 1.165) is 19.3 Å². The minimum atomic E-state index is -0.949. The summed E-state index contributed by atoms with van der Waals surface area (Å²) in [5.41, 5.74) is 5.89. The molecule has 7 heteroatoms. The summed E-state index contributed by atoms with van der Waals surface area (Å²) in [6.07, 6.45) is 2.19. The minimum Gasteiger partial charge on any atom is -0.478 e. The Morgan fingerprint density at radius 2 is 2.04 bits per heavy atom. The first-order valence-electron chi connectivity index (χ1n) is 7.67. The molecule has 2 N–H and O–H groups in total. The van der Waals surface area contributed by atoms with E-state index < -0.39 is 17.8 Å². The smallest absolute Gasteiger partial charge is 0.279 e. The van der Waals surface area contributed by atoms with Gasteiger partial charge in [0.05, 0.1) is 4.88 Å². The van der Waals surface area contributed by atoms with Gasteiger partial charge in [0.2, 0.25) is 0 Å². The molecule has 0 saturated carbocycles. The van der Waals surface area contributed by atoms with Crippen molar-refractivity contribution in [3.05, 3.63) is 51.5 Å². The molecule has 1 aliphatic rings. The molecule has 1 heterocycles. The predicted molar refractivity (Wildman–Crippen MR) is 88.4 cm³/mol. The van der Waals surface area contributed by atoms with Crippen LogP contribution in [0.4, 0.5) is 4.39 Å². The van der Waals surface area contributed by atoms with Crippen LogP contribution in [0, 0.1) is 5.82 Å². The summed E-state index contributed by atoms with van der Waals surface area (Å²) >= 11 is 1.45. The van der Waals surface area contributed by atoms with Crippen molar-refractivity contribution in [3.63, 3.8) is 0 Å². The number of hydrazine groups is 1. The van der Waals surface area contributed by atoms with Crippen molar-refractivity contribution < 1.29 is 18.7 Å². The summed E-state index contributed by atoms with van der Waals surface area (Å²) in [5, 5.41) is 0. The van der Waals surface area contributed by atoms with E-state index in [1.54, 1.807) is 6.07 Å². The van der Waals surface area contributed by atoms with Crippen molar-refractivity contribution in [1.82, 2.24) is 10.9 Å². The lowest BCUT2D eigenvalue weighted by Crippen LogP contribution is -2.47. The first-order chi connectivity index (χ1) is 11.5. The molecule has 126 valence electrons. The lowest BCUT2D eigenvalue weighted by Gasteiger charge is -2.15. The highest BCUT2D eigenvalue weighted by atomic mass is 32.1. The summed E-state index contributed by atoms with van der Waals surface area (Å²) in [4.78, 5) is 25.8. The number of halogens is 1. The van der Waals surface area contributed by atoms with Gasteiger partial charge in [0.15, 0.2) is 17.7 Å². The Morgan fingerprint density at radius 3 is 2.79 bits per heavy atom. The van der Waals surface area contributed by atoms with E-state index in [1.165, 1.54) is 46.9 Å². The van der Waals surface area contributed by atoms with E-state index in [-0.39, 0.29) is 11.7 Å². The minimum absolute atomic E-state index is 0.0128. The van der Waals surface area contributed by atoms with E-state index in [0.29, 0.717) is 4.88 Å². The topological polar surface area (TPSA) is 67.4 Å². The van der Waals surface area contributed by atoms with E-state index in [1.807, 2.05) is 6.07 Å². The molecule has 0 unspecified atom stereocenters. The van der Waals surface area contributed by atoms with Crippen LogP contribution in [0.5, 0.6) is 5.75 Å². The Bertz CT molecular complexity index is 753. The number of carbonyl (C=O) groups excluding carboxylic acids is 2. The third-order valence-electron chi connectivity index (χ3n) is 3.78. The van der Waals surface area contributed by atoms with Gasteiger partial charge in [-0.3, -0.25) is 20.4 Å². The number of benzene rings is 1. The molecule has 1 aromatic heterocycles. The van der Waals surface area contributed by atoms with Crippen molar-refractivity contribution in [3.8, 4) is 5.75 Å². The van der Waals surface area contributed by atoms with Crippen molar-refractivity contribution in [1.29, 1.82) is 0 Å². The highest BCUT2D eigenvalue weighted by Crippen LogP contribution is 2.30. The third kappa shape index (κ3) is 3.56. The van der Waals surface area contributed by atoms with Crippen LogP contribution in [0.25, 0.3) is 0 Å². The van der Waals surface area contributed by atoms with Gasteiger partial charge in [-0.1, -0.05) is 12.1 Å². The molecule has 2 amide bonds. The molecule has 0 aliphatic heterocycles. The first kappa shape index (κ1) is 16.4. The standard InChI is InChI=1S/C17H17FN2O3S/c1-10(23-13-7-3-2-6-12(13)18)16(21)19-20-17(22)15-9-11-5-4-8-14(11)24-15/h2-3,6-7,9-10H,4-5,8H2,1H3,(H,19,21)(H,20,22)/t10-/m0/s1. The van der Waals surface area contributed by atoms with E-state index in [2.05, 4.69) is 10.9 Å². The molecule has 0 spiro atoms. The highest BCUT2D eigenvalue weighted by Gasteiger charge is 2.20. The molecule has 1 atom stereocenters. The van der Waals surface area contributed by atoms with Crippen LogP contribution in [0.3, 0.4) is 0 Å². The normalized spacial score (nSPS) is 13.9. The fourth-order valence-corrected chi connectivity index (χ4v) is 3.66. The maximum Gasteiger partial charge on any atom is 0.279 e. The van der Waals surface area contributed by atoms with Crippen LogP contribution in [0.1, 0.15) is 33.5 Å². The molecular weight excluding hydrogens is 331 g/mol. The average molecular weight is 348 g/mol. The number of nitrogens with one attached hydrogen (secondary N) is 2. The number of amides is 2. The lowest BCUT2D eigenvalue weighted by atomic mass is 10.2. The van der Waals surface area contributed by atoms with Crippen molar-refractivity contribution in [2.45, 2.75) is 32.3 Å². The Labute approximate surface area is 142 Å². The number of hydrogen-bond acceptors (Lipinski definition) is 4. The van der Waals surface area contributed by atoms with Crippen LogP contribution >= 0.6 is 11.3 Å². The van der Waals surface area contributed by atoms with Gasteiger partial charge in [-0.25, -0.2) is 4.39 Å². The molecule has 1 aromatic carbocycles. The molecule has 3 rings (SSSR count). The second kappa shape index (κ2) is 7.00. The Morgan fingerprint density at radius 1 is 1.25 bits per heavy atom. The van der Waals surface area contributed by atoms with Gasteiger partial charge in [-0.05, 0) is 49.9 Å². The number of carbonyl (C=O) groups is 2. The number of ether oxygens (including phenoxy) is 1. The van der Waals surface area contributed by atoms with Crippen molar-refractivity contribution in [2.75, 3.05) is 0 Å². The van der Waals surface area contributed by atoms with Gasteiger partial charge < -0.3 is 4.74 Å². The Kier molecular flexibility index (Phi) is 4.80. The van der Waals surface area contributed by atoms with Crippen LogP contribution in [-0.2, 0) is 17.6 Å². The monoisotopic (exact) mass is 348 g/mol. The summed E-state index contributed by atoms with van der Waals surface area (Å²) in [7, 11) is 0.